The number of anilines is 1. The molecule has 4 heteroatoms. The minimum atomic E-state index is 0.793. The van der Waals surface area contributed by atoms with Gasteiger partial charge in [-0.1, -0.05) is 29.8 Å². The number of benzene rings is 2. The summed E-state index contributed by atoms with van der Waals surface area (Å²) in [5, 5.41) is 4.19. The first-order chi connectivity index (χ1) is 9.16. The molecule has 100 valence electrons. The number of nitrogens with one attached hydrogen (secondary N) is 1. The summed E-state index contributed by atoms with van der Waals surface area (Å²) in [5.41, 5.74) is 2.13. The average molecular weight is 357 g/mol. The molecule has 0 aromatic heterocycles. The minimum Gasteiger partial charge on any atom is -0.383 e. The van der Waals surface area contributed by atoms with Crippen LogP contribution in [0.15, 0.2) is 51.8 Å². The summed E-state index contributed by atoms with van der Waals surface area (Å²) in [5.74, 6) is 1.02. The van der Waals surface area contributed by atoms with Gasteiger partial charge in [-0.2, -0.15) is 0 Å². The van der Waals surface area contributed by atoms with Crippen LogP contribution < -0.4 is 5.32 Å². The van der Waals surface area contributed by atoms with Gasteiger partial charge in [-0.15, -0.1) is 11.8 Å². The molecule has 0 saturated carbocycles. The van der Waals surface area contributed by atoms with Crippen molar-refractivity contribution >= 4 is 45.0 Å². The van der Waals surface area contributed by atoms with E-state index in [1.165, 1.54) is 4.90 Å². The van der Waals surface area contributed by atoms with Crippen LogP contribution in [0.25, 0.3) is 0 Å². The molecule has 0 aliphatic carbocycles. The van der Waals surface area contributed by atoms with Crippen molar-refractivity contribution < 1.29 is 0 Å². The zero-order chi connectivity index (χ0) is 13.7. The van der Waals surface area contributed by atoms with Gasteiger partial charge < -0.3 is 5.32 Å². The minimum absolute atomic E-state index is 0.793. The Hall–Kier alpha value is -0.640. The summed E-state index contributed by atoms with van der Waals surface area (Å²) < 4.78 is 1.05. The average Bonchev–Trinajstić information content (AvgIpc) is 2.41. The van der Waals surface area contributed by atoms with Gasteiger partial charge in [-0.25, -0.2) is 0 Å². The second kappa shape index (κ2) is 7.22. The van der Waals surface area contributed by atoms with Gasteiger partial charge in [0.2, 0.25) is 0 Å². The van der Waals surface area contributed by atoms with Crippen molar-refractivity contribution in [3.8, 4) is 0 Å². The quantitative estimate of drug-likeness (QED) is 0.551. The fraction of sp³-hybridized carbons (Fsp3) is 0.200. The molecule has 2 aromatic rings. The van der Waals surface area contributed by atoms with Crippen LogP contribution >= 0.6 is 39.3 Å². The van der Waals surface area contributed by atoms with Crippen LogP contribution in [0.5, 0.6) is 0 Å². The monoisotopic (exact) mass is 355 g/mol. The van der Waals surface area contributed by atoms with Crippen LogP contribution in [0.4, 0.5) is 5.69 Å². The lowest BCUT2D eigenvalue weighted by atomic mass is 10.2. The summed E-state index contributed by atoms with van der Waals surface area (Å²) in [6.07, 6.45) is 0. The number of hydrogen-bond acceptors (Lipinski definition) is 2. The molecular weight excluding hydrogens is 342 g/mol. The van der Waals surface area contributed by atoms with E-state index in [4.69, 9.17) is 11.6 Å². The van der Waals surface area contributed by atoms with Crippen LogP contribution in [0.3, 0.4) is 0 Å². The van der Waals surface area contributed by atoms with Gasteiger partial charge in [0.25, 0.3) is 0 Å². The lowest BCUT2D eigenvalue weighted by Gasteiger charge is -2.10. The third-order valence-electron chi connectivity index (χ3n) is 2.68. The molecule has 0 amide bonds. The predicted molar refractivity (Wildman–Crippen MR) is 89.5 cm³/mol. The zero-order valence-corrected chi connectivity index (χ0v) is 13.8. The molecule has 1 nitrogen and oxygen atoms in total. The van der Waals surface area contributed by atoms with Crippen molar-refractivity contribution in [1.82, 2.24) is 0 Å². The van der Waals surface area contributed by atoms with E-state index < -0.39 is 0 Å². The van der Waals surface area contributed by atoms with Crippen molar-refractivity contribution in [2.24, 2.45) is 0 Å². The number of thioether (sulfide) groups is 1. The molecule has 0 aliphatic heterocycles. The summed E-state index contributed by atoms with van der Waals surface area (Å²) >= 11 is 11.5. The molecule has 0 atom stereocenters. The maximum atomic E-state index is 6.13. The molecule has 1 N–H and O–H groups in total. The predicted octanol–water partition coefficient (Wildman–Crippen LogP) is 5.62. The molecule has 19 heavy (non-hydrogen) atoms. The SMILES string of the molecule is Cc1cc(Br)c(NCCSc2ccccc2)cc1Cl. The number of rotatable bonds is 5. The zero-order valence-electron chi connectivity index (χ0n) is 10.6. The maximum absolute atomic E-state index is 6.13. The highest BCUT2D eigenvalue weighted by atomic mass is 79.9. The van der Waals surface area contributed by atoms with Gasteiger partial charge in [-0.3, -0.25) is 0 Å². The number of hydrogen-bond donors (Lipinski definition) is 1. The van der Waals surface area contributed by atoms with Crippen molar-refractivity contribution in [3.63, 3.8) is 0 Å². The second-order valence-corrected chi connectivity index (χ2v) is 6.60. The van der Waals surface area contributed by atoms with E-state index >= 15 is 0 Å². The van der Waals surface area contributed by atoms with E-state index in [1.807, 2.05) is 36.9 Å². The first kappa shape index (κ1) is 14.8. The van der Waals surface area contributed by atoms with Crippen molar-refractivity contribution in [2.75, 3.05) is 17.6 Å². The highest BCUT2D eigenvalue weighted by molar-refractivity contribution is 9.10. The van der Waals surface area contributed by atoms with Gasteiger partial charge >= 0.3 is 0 Å². The Kier molecular flexibility index (Phi) is 5.61. The highest BCUT2D eigenvalue weighted by Gasteiger charge is 2.03. The van der Waals surface area contributed by atoms with E-state index in [1.54, 1.807) is 0 Å². The van der Waals surface area contributed by atoms with E-state index in [9.17, 15) is 0 Å². The van der Waals surface area contributed by atoms with E-state index in [0.717, 1.165) is 33.0 Å². The van der Waals surface area contributed by atoms with Gasteiger partial charge in [-0.05, 0) is 52.7 Å². The fourth-order valence-corrected chi connectivity index (χ4v) is 3.20. The second-order valence-electron chi connectivity index (χ2n) is 4.17. The van der Waals surface area contributed by atoms with E-state index in [-0.39, 0.29) is 0 Å². The summed E-state index contributed by atoms with van der Waals surface area (Å²) in [6.45, 7) is 2.90. The molecule has 0 spiro atoms. The molecule has 0 radical (unpaired) electrons. The molecule has 2 aromatic carbocycles. The van der Waals surface area contributed by atoms with Crippen LogP contribution in [0, 0.1) is 6.92 Å². The summed E-state index contributed by atoms with van der Waals surface area (Å²) in [7, 11) is 0. The Morgan fingerprint density at radius 3 is 2.68 bits per heavy atom. The lowest BCUT2D eigenvalue weighted by molar-refractivity contribution is 1.21. The first-order valence-corrected chi connectivity index (χ1v) is 8.20. The van der Waals surface area contributed by atoms with Crippen molar-refractivity contribution in [1.29, 1.82) is 0 Å². The molecule has 2 rings (SSSR count). The Labute approximate surface area is 131 Å². The number of halogens is 2. The van der Waals surface area contributed by atoms with Crippen LogP contribution in [0.2, 0.25) is 5.02 Å². The molecule has 0 unspecified atom stereocenters. The Bertz CT molecular complexity index is 545. The standard InChI is InChI=1S/C15H15BrClNS/c1-11-9-13(16)15(10-14(11)17)18-7-8-19-12-5-3-2-4-6-12/h2-6,9-10,18H,7-8H2,1H3. The van der Waals surface area contributed by atoms with Crippen LogP contribution in [-0.2, 0) is 0 Å². The maximum Gasteiger partial charge on any atom is 0.0500 e. The fourth-order valence-electron chi connectivity index (χ4n) is 1.65. The van der Waals surface area contributed by atoms with Gasteiger partial charge in [0, 0.05) is 32.4 Å². The van der Waals surface area contributed by atoms with Crippen molar-refractivity contribution in [3.05, 3.63) is 57.5 Å². The Balaban J connectivity index is 1.85. The summed E-state index contributed by atoms with van der Waals surface area (Å²) in [6, 6.07) is 14.4. The lowest BCUT2D eigenvalue weighted by Crippen LogP contribution is -2.04. The molecule has 0 bridgehead atoms. The third kappa shape index (κ3) is 4.44. The summed E-state index contributed by atoms with van der Waals surface area (Å²) in [4.78, 5) is 1.30. The van der Waals surface area contributed by atoms with E-state index in [0.29, 0.717) is 0 Å². The Morgan fingerprint density at radius 2 is 1.95 bits per heavy atom. The Morgan fingerprint density at radius 1 is 1.21 bits per heavy atom. The molecular formula is C15H15BrClNS. The molecule has 0 aliphatic rings. The number of aryl methyl sites for hydroxylation is 1. The molecule has 0 saturated heterocycles. The largest absolute Gasteiger partial charge is 0.383 e. The first-order valence-electron chi connectivity index (χ1n) is 6.04. The van der Waals surface area contributed by atoms with Crippen LogP contribution in [0.1, 0.15) is 5.56 Å². The molecule has 0 heterocycles. The highest BCUT2D eigenvalue weighted by Crippen LogP contribution is 2.29. The topological polar surface area (TPSA) is 12.0 Å². The van der Waals surface area contributed by atoms with Gasteiger partial charge in [0.15, 0.2) is 0 Å². The van der Waals surface area contributed by atoms with Gasteiger partial charge in [0.05, 0.1) is 0 Å². The van der Waals surface area contributed by atoms with Crippen molar-refractivity contribution in [2.45, 2.75) is 11.8 Å². The third-order valence-corrected chi connectivity index (χ3v) is 4.75. The normalized spacial score (nSPS) is 10.5. The van der Waals surface area contributed by atoms with Gasteiger partial charge in [0.1, 0.15) is 0 Å². The van der Waals surface area contributed by atoms with Crippen LogP contribution in [-0.4, -0.2) is 12.3 Å². The van der Waals surface area contributed by atoms with E-state index in [2.05, 4.69) is 45.5 Å². The smallest absolute Gasteiger partial charge is 0.0500 e. The molecule has 0 fully saturated rings.